The topological polar surface area (TPSA) is 47.3 Å². The molecule has 3 atom stereocenters. The third kappa shape index (κ3) is 3.78. The van der Waals surface area contributed by atoms with E-state index in [-0.39, 0.29) is 6.04 Å². The van der Waals surface area contributed by atoms with E-state index in [2.05, 4.69) is 50.5 Å². The summed E-state index contributed by atoms with van der Waals surface area (Å²) in [6, 6.07) is 8.98. The first-order valence-corrected chi connectivity index (χ1v) is 7.26. The molecule has 3 N–H and O–H groups in total. The highest BCUT2D eigenvalue weighted by atomic mass is 16.5. The molecule has 1 aliphatic rings. The predicted molar refractivity (Wildman–Crippen MR) is 78.6 cm³/mol. The normalized spacial score (nSPS) is 24.9. The van der Waals surface area contributed by atoms with Crippen LogP contribution in [-0.2, 0) is 11.2 Å². The van der Waals surface area contributed by atoms with Gasteiger partial charge in [0.25, 0.3) is 0 Å². The Morgan fingerprint density at radius 1 is 1.42 bits per heavy atom. The molecule has 0 aliphatic carbocycles. The zero-order chi connectivity index (χ0) is 13.8. The first kappa shape index (κ1) is 14.5. The fourth-order valence-electron chi connectivity index (χ4n) is 2.97. The number of ether oxygens (including phenoxy) is 1. The summed E-state index contributed by atoms with van der Waals surface area (Å²) in [5.41, 5.74) is 5.65. The second-order valence-corrected chi connectivity index (χ2v) is 6.13. The number of benzene rings is 1. The molecule has 3 nitrogen and oxygen atoms in total. The summed E-state index contributed by atoms with van der Waals surface area (Å²) in [5, 5.41) is 0. The van der Waals surface area contributed by atoms with Crippen LogP contribution < -0.4 is 11.3 Å². The number of hydrazine groups is 1. The van der Waals surface area contributed by atoms with E-state index in [0.717, 1.165) is 19.4 Å². The second kappa shape index (κ2) is 6.51. The maximum absolute atomic E-state index is 5.78. The molecule has 1 aromatic carbocycles. The zero-order valence-corrected chi connectivity index (χ0v) is 12.2. The monoisotopic (exact) mass is 262 g/mol. The van der Waals surface area contributed by atoms with E-state index in [1.807, 2.05) is 0 Å². The molecular formula is C16H26N2O. The summed E-state index contributed by atoms with van der Waals surface area (Å²) >= 11 is 0. The number of hydrogen-bond acceptors (Lipinski definition) is 3. The minimum Gasteiger partial charge on any atom is -0.378 e. The van der Waals surface area contributed by atoms with Crippen molar-refractivity contribution < 1.29 is 4.74 Å². The Morgan fingerprint density at radius 3 is 2.79 bits per heavy atom. The molecule has 1 aromatic rings. The largest absolute Gasteiger partial charge is 0.378 e. The molecular weight excluding hydrogens is 236 g/mol. The van der Waals surface area contributed by atoms with Crippen LogP contribution in [0.1, 0.15) is 44.4 Å². The smallest absolute Gasteiger partial charge is 0.0551 e. The number of nitrogens with one attached hydrogen (secondary N) is 1. The molecule has 1 heterocycles. The van der Waals surface area contributed by atoms with Gasteiger partial charge in [-0.3, -0.25) is 11.3 Å². The Hall–Kier alpha value is -0.900. The molecule has 106 valence electrons. The lowest BCUT2D eigenvalue weighted by molar-refractivity contribution is 0.117. The molecule has 0 saturated carbocycles. The van der Waals surface area contributed by atoms with E-state index in [9.17, 15) is 0 Å². The fourth-order valence-corrected chi connectivity index (χ4v) is 2.97. The van der Waals surface area contributed by atoms with Crippen molar-refractivity contribution in [1.29, 1.82) is 0 Å². The molecule has 1 saturated heterocycles. The van der Waals surface area contributed by atoms with Gasteiger partial charge in [-0.15, -0.1) is 0 Å². The maximum Gasteiger partial charge on any atom is 0.0551 e. The number of hydrogen-bond donors (Lipinski definition) is 2. The van der Waals surface area contributed by atoms with Crippen molar-refractivity contribution in [3.63, 3.8) is 0 Å². The van der Waals surface area contributed by atoms with Gasteiger partial charge in [-0.2, -0.15) is 0 Å². The van der Waals surface area contributed by atoms with Crippen LogP contribution in [0, 0.1) is 11.8 Å². The number of nitrogens with two attached hydrogens (primary N) is 1. The van der Waals surface area contributed by atoms with Gasteiger partial charge in [-0.1, -0.05) is 38.1 Å². The van der Waals surface area contributed by atoms with Crippen molar-refractivity contribution in [2.45, 2.75) is 45.8 Å². The molecule has 1 aliphatic heterocycles. The number of rotatable bonds is 5. The van der Waals surface area contributed by atoms with Gasteiger partial charge in [0.1, 0.15) is 0 Å². The van der Waals surface area contributed by atoms with Crippen LogP contribution in [0.25, 0.3) is 0 Å². The molecule has 2 rings (SSSR count). The van der Waals surface area contributed by atoms with Crippen molar-refractivity contribution >= 4 is 0 Å². The van der Waals surface area contributed by atoms with Crippen molar-refractivity contribution in [3.05, 3.63) is 35.4 Å². The van der Waals surface area contributed by atoms with E-state index in [4.69, 9.17) is 10.6 Å². The van der Waals surface area contributed by atoms with E-state index in [1.54, 1.807) is 0 Å². The molecule has 0 bridgehead atoms. The van der Waals surface area contributed by atoms with E-state index in [0.29, 0.717) is 17.9 Å². The Morgan fingerprint density at radius 2 is 2.21 bits per heavy atom. The summed E-state index contributed by atoms with van der Waals surface area (Å²) in [5.74, 6) is 6.92. The van der Waals surface area contributed by atoms with Gasteiger partial charge in [0.2, 0.25) is 0 Å². The van der Waals surface area contributed by atoms with E-state index < -0.39 is 0 Å². The van der Waals surface area contributed by atoms with Crippen LogP contribution >= 0.6 is 0 Å². The molecule has 3 unspecified atom stereocenters. The standard InChI is InChI=1S/C16H26N2O/c1-11(2)7-13-5-4-6-14(9-13)16(18-17)15-8-12(3)19-10-15/h4-6,9,11-12,15-16,18H,7-8,10,17H2,1-3H3. The highest BCUT2D eigenvalue weighted by Gasteiger charge is 2.30. The lowest BCUT2D eigenvalue weighted by atomic mass is 9.89. The van der Waals surface area contributed by atoms with Gasteiger partial charge in [-0.25, -0.2) is 0 Å². The van der Waals surface area contributed by atoms with Crippen LogP contribution in [0.4, 0.5) is 0 Å². The van der Waals surface area contributed by atoms with Crippen molar-refractivity contribution in [2.24, 2.45) is 17.7 Å². The van der Waals surface area contributed by atoms with E-state index >= 15 is 0 Å². The van der Waals surface area contributed by atoms with Crippen molar-refractivity contribution in [3.8, 4) is 0 Å². The average Bonchev–Trinajstić information content (AvgIpc) is 2.76. The highest BCUT2D eigenvalue weighted by Crippen LogP contribution is 2.31. The third-order valence-electron chi connectivity index (χ3n) is 3.83. The maximum atomic E-state index is 5.78. The van der Waals surface area contributed by atoms with Crippen LogP contribution in [0.3, 0.4) is 0 Å². The summed E-state index contributed by atoms with van der Waals surface area (Å²) in [6.07, 6.45) is 2.53. The molecule has 0 radical (unpaired) electrons. The average molecular weight is 262 g/mol. The van der Waals surface area contributed by atoms with Gasteiger partial charge < -0.3 is 4.74 Å². The minimum atomic E-state index is 0.192. The third-order valence-corrected chi connectivity index (χ3v) is 3.83. The van der Waals surface area contributed by atoms with Gasteiger partial charge >= 0.3 is 0 Å². The Kier molecular flexibility index (Phi) is 4.97. The lowest BCUT2D eigenvalue weighted by Gasteiger charge is -2.22. The summed E-state index contributed by atoms with van der Waals surface area (Å²) in [7, 11) is 0. The first-order valence-electron chi connectivity index (χ1n) is 7.26. The van der Waals surface area contributed by atoms with Crippen molar-refractivity contribution in [1.82, 2.24) is 5.43 Å². The van der Waals surface area contributed by atoms with Gasteiger partial charge in [0.05, 0.1) is 18.8 Å². The SMILES string of the molecule is CC(C)Cc1cccc(C(NN)C2COC(C)C2)c1. The Labute approximate surface area is 116 Å². The second-order valence-electron chi connectivity index (χ2n) is 6.13. The summed E-state index contributed by atoms with van der Waals surface area (Å²) < 4.78 is 5.67. The van der Waals surface area contributed by atoms with Crippen LogP contribution in [0.15, 0.2) is 24.3 Å². The summed E-state index contributed by atoms with van der Waals surface area (Å²) in [6.45, 7) is 7.42. The van der Waals surface area contributed by atoms with Crippen LogP contribution in [0.5, 0.6) is 0 Å². The van der Waals surface area contributed by atoms with Gasteiger partial charge in [0, 0.05) is 5.92 Å². The molecule has 0 aromatic heterocycles. The molecule has 3 heteroatoms. The van der Waals surface area contributed by atoms with Crippen LogP contribution in [-0.4, -0.2) is 12.7 Å². The first-order chi connectivity index (χ1) is 9.10. The van der Waals surface area contributed by atoms with Crippen LogP contribution in [0.2, 0.25) is 0 Å². The fraction of sp³-hybridized carbons (Fsp3) is 0.625. The molecule has 0 amide bonds. The molecule has 0 spiro atoms. The van der Waals surface area contributed by atoms with Gasteiger partial charge in [-0.05, 0) is 36.8 Å². The quantitative estimate of drug-likeness (QED) is 0.633. The minimum absolute atomic E-state index is 0.192. The zero-order valence-electron chi connectivity index (χ0n) is 12.2. The Bertz CT molecular complexity index is 405. The molecule has 19 heavy (non-hydrogen) atoms. The summed E-state index contributed by atoms with van der Waals surface area (Å²) in [4.78, 5) is 0. The molecule has 1 fully saturated rings. The lowest BCUT2D eigenvalue weighted by Crippen LogP contribution is -2.34. The van der Waals surface area contributed by atoms with E-state index in [1.165, 1.54) is 11.1 Å². The predicted octanol–water partition coefficient (Wildman–Crippen LogP) is 2.81. The Balaban J connectivity index is 2.13. The highest BCUT2D eigenvalue weighted by molar-refractivity contribution is 5.27. The van der Waals surface area contributed by atoms with Gasteiger partial charge in [0.15, 0.2) is 0 Å². The van der Waals surface area contributed by atoms with Crippen molar-refractivity contribution in [2.75, 3.05) is 6.61 Å².